The van der Waals surface area contributed by atoms with E-state index in [9.17, 15) is 4.79 Å². The minimum atomic E-state index is -0.426. The second-order valence-electron chi connectivity index (χ2n) is 3.28. The molecular formula is C10H16N4O2. The Hall–Kier alpha value is -1.53. The smallest absolute Gasteiger partial charge is 0.225 e. The molecule has 0 aromatic carbocycles. The van der Waals surface area contributed by atoms with E-state index >= 15 is 0 Å². The van der Waals surface area contributed by atoms with Crippen molar-refractivity contribution in [1.82, 2.24) is 15.3 Å². The number of nitrogens with two attached hydrogens (primary N) is 1. The number of rotatable bonds is 7. The monoisotopic (exact) mass is 224 g/mol. The van der Waals surface area contributed by atoms with E-state index in [1.807, 2.05) is 0 Å². The molecule has 1 aromatic rings. The minimum absolute atomic E-state index is 0.0753. The van der Waals surface area contributed by atoms with E-state index in [1.165, 1.54) is 0 Å². The van der Waals surface area contributed by atoms with Gasteiger partial charge in [0.15, 0.2) is 0 Å². The van der Waals surface area contributed by atoms with Crippen LogP contribution in [0.3, 0.4) is 0 Å². The molecule has 0 aliphatic carbocycles. The van der Waals surface area contributed by atoms with Crippen molar-refractivity contribution < 1.29 is 9.53 Å². The van der Waals surface area contributed by atoms with Gasteiger partial charge in [0.2, 0.25) is 5.91 Å². The molecule has 3 N–H and O–H groups in total. The molecule has 0 saturated carbocycles. The number of hydrogen-bond donors (Lipinski definition) is 2. The third-order valence-corrected chi connectivity index (χ3v) is 1.88. The van der Waals surface area contributed by atoms with Gasteiger partial charge in [0.05, 0.1) is 18.7 Å². The predicted molar refractivity (Wildman–Crippen MR) is 58.5 cm³/mol. The summed E-state index contributed by atoms with van der Waals surface area (Å²) in [5.41, 5.74) is 5.90. The highest BCUT2D eigenvalue weighted by atomic mass is 16.5. The summed E-state index contributed by atoms with van der Waals surface area (Å²) in [5, 5.41) is 3.15. The van der Waals surface area contributed by atoms with Gasteiger partial charge in [-0.25, -0.2) is 9.97 Å². The normalized spacial score (nSPS) is 10.3. The van der Waals surface area contributed by atoms with Crippen LogP contribution in [0.15, 0.2) is 12.3 Å². The molecule has 0 bridgehead atoms. The zero-order chi connectivity index (χ0) is 11.8. The van der Waals surface area contributed by atoms with Crippen LogP contribution in [-0.4, -0.2) is 36.1 Å². The summed E-state index contributed by atoms with van der Waals surface area (Å²) in [6.07, 6.45) is 1.70. The highest BCUT2D eigenvalue weighted by Gasteiger charge is 2.02. The Balaban J connectivity index is 2.44. The Bertz CT molecular complexity index is 343. The number of aromatic nitrogens is 2. The first-order valence-corrected chi connectivity index (χ1v) is 5.01. The standard InChI is InChI=1S/C10H16N4O2/c1-16-5-4-12-7-8-2-3-13-10(14-8)6-9(11)15/h2-3,12H,4-7H2,1H3,(H2,11,15). The summed E-state index contributed by atoms with van der Waals surface area (Å²) in [7, 11) is 1.65. The van der Waals surface area contributed by atoms with Crippen LogP contribution in [0.1, 0.15) is 11.5 Å². The summed E-state index contributed by atoms with van der Waals surface area (Å²) in [4.78, 5) is 18.8. The van der Waals surface area contributed by atoms with Crippen LogP contribution < -0.4 is 11.1 Å². The number of primary amides is 1. The van der Waals surface area contributed by atoms with Crippen molar-refractivity contribution in [2.75, 3.05) is 20.3 Å². The number of amides is 1. The molecule has 1 heterocycles. The van der Waals surface area contributed by atoms with Crippen LogP contribution in [0.25, 0.3) is 0 Å². The van der Waals surface area contributed by atoms with E-state index in [0.717, 1.165) is 12.2 Å². The van der Waals surface area contributed by atoms with Gasteiger partial charge in [-0.05, 0) is 6.07 Å². The fourth-order valence-electron chi connectivity index (χ4n) is 1.17. The quantitative estimate of drug-likeness (QED) is 0.594. The van der Waals surface area contributed by atoms with Crippen LogP contribution in [-0.2, 0) is 22.5 Å². The topological polar surface area (TPSA) is 90.1 Å². The van der Waals surface area contributed by atoms with Gasteiger partial charge < -0.3 is 15.8 Å². The first-order chi connectivity index (χ1) is 7.72. The zero-order valence-corrected chi connectivity index (χ0v) is 9.27. The fourth-order valence-corrected chi connectivity index (χ4v) is 1.17. The minimum Gasteiger partial charge on any atom is -0.383 e. The molecule has 0 aliphatic heterocycles. The van der Waals surface area contributed by atoms with E-state index in [-0.39, 0.29) is 6.42 Å². The SMILES string of the molecule is COCCNCc1ccnc(CC(N)=O)n1. The summed E-state index contributed by atoms with van der Waals surface area (Å²) in [5.74, 6) is 0.0306. The van der Waals surface area contributed by atoms with Gasteiger partial charge in [0, 0.05) is 26.4 Å². The number of carbonyl (C=O) groups is 1. The molecule has 1 rings (SSSR count). The second-order valence-corrected chi connectivity index (χ2v) is 3.28. The van der Waals surface area contributed by atoms with Crippen LogP contribution in [0, 0.1) is 0 Å². The van der Waals surface area contributed by atoms with E-state index < -0.39 is 5.91 Å². The van der Waals surface area contributed by atoms with Gasteiger partial charge >= 0.3 is 0 Å². The zero-order valence-electron chi connectivity index (χ0n) is 9.27. The molecule has 0 atom stereocenters. The Morgan fingerprint density at radius 3 is 3.12 bits per heavy atom. The fraction of sp³-hybridized carbons (Fsp3) is 0.500. The van der Waals surface area contributed by atoms with Crippen molar-refractivity contribution in [2.24, 2.45) is 5.73 Å². The molecule has 0 saturated heterocycles. The van der Waals surface area contributed by atoms with Crippen molar-refractivity contribution >= 4 is 5.91 Å². The lowest BCUT2D eigenvalue weighted by Crippen LogP contribution is -2.20. The summed E-state index contributed by atoms with van der Waals surface area (Å²) in [6.45, 7) is 2.03. The van der Waals surface area contributed by atoms with E-state index in [4.69, 9.17) is 10.5 Å². The van der Waals surface area contributed by atoms with Gasteiger partial charge in [0.25, 0.3) is 0 Å². The van der Waals surface area contributed by atoms with Crippen molar-refractivity contribution in [3.63, 3.8) is 0 Å². The maximum Gasteiger partial charge on any atom is 0.225 e. The van der Waals surface area contributed by atoms with Gasteiger partial charge in [-0.1, -0.05) is 0 Å². The number of methoxy groups -OCH3 is 1. The second kappa shape index (κ2) is 6.86. The Morgan fingerprint density at radius 1 is 1.62 bits per heavy atom. The Morgan fingerprint density at radius 2 is 2.44 bits per heavy atom. The van der Waals surface area contributed by atoms with Crippen molar-refractivity contribution in [3.05, 3.63) is 23.8 Å². The Labute approximate surface area is 94.2 Å². The molecular weight excluding hydrogens is 208 g/mol. The van der Waals surface area contributed by atoms with Gasteiger partial charge in [-0.3, -0.25) is 4.79 Å². The molecule has 6 nitrogen and oxygen atoms in total. The molecule has 0 unspecified atom stereocenters. The highest BCUT2D eigenvalue weighted by molar-refractivity contribution is 5.75. The summed E-state index contributed by atoms with van der Waals surface area (Å²) >= 11 is 0. The average molecular weight is 224 g/mol. The predicted octanol–water partition coefficient (Wildman–Crippen LogP) is -0.760. The van der Waals surface area contributed by atoms with Gasteiger partial charge in [-0.2, -0.15) is 0 Å². The maximum absolute atomic E-state index is 10.7. The number of nitrogens with one attached hydrogen (secondary N) is 1. The number of hydrogen-bond acceptors (Lipinski definition) is 5. The molecule has 1 aromatic heterocycles. The van der Waals surface area contributed by atoms with Crippen molar-refractivity contribution in [2.45, 2.75) is 13.0 Å². The lowest BCUT2D eigenvalue weighted by Gasteiger charge is -2.04. The molecule has 16 heavy (non-hydrogen) atoms. The van der Waals surface area contributed by atoms with Gasteiger partial charge in [-0.15, -0.1) is 0 Å². The third kappa shape index (κ3) is 4.81. The van der Waals surface area contributed by atoms with Crippen LogP contribution in [0.4, 0.5) is 0 Å². The van der Waals surface area contributed by atoms with Gasteiger partial charge in [0.1, 0.15) is 5.82 Å². The lowest BCUT2D eigenvalue weighted by molar-refractivity contribution is -0.117. The molecule has 0 spiro atoms. The lowest BCUT2D eigenvalue weighted by atomic mass is 10.3. The first-order valence-electron chi connectivity index (χ1n) is 5.01. The number of carbonyl (C=O) groups excluding carboxylic acids is 1. The van der Waals surface area contributed by atoms with Crippen LogP contribution >= 0.6 is 0 Å². The number of nitrogens with zero attached hydrogens (tertiary/aromatic N) is 2. The summed E-state index contributed by atoms with van der Waals surface area (Å²) < 4.78 is 4.90. The highest BCUT2D eigenvalue weighted by Crippen LogP contribution is 1.96. The van der Waals surface area contributed by atoms with Crippen LogP contribution in [0.5, 0.6) is 0 Å². The molecule has 0 radical (unpaired) electrons. The molecule has 88 valence electrons. The van der Waals surface area contributed by atoms with Crippen LogP contribution in [0.2, 0.25) is 0 Å². The molecule has 0 aliphatic rings. The molecule has 0 fully saturated rings. The Kier molecular flexibility index (Phi) is 5.38. The molecule has 1 amide bonds. The van der Waals surface area contributed by atoms with Crippen molar-refractivity contribution in [3.8, 4) is 0 Å². The largest absolute Gasteiger partial charge is 0.383 e. The maximum atomic E-state index is 10.7. The first kappa shape index (κ1) is 12.5. The van der Waals surface area contributed by atoms with E-state index in [2.05, 4.69) is 15.3 Å². The third-order valence-electron chi connectivity index (χ3n) is 1.88. The van der Waals surface area contributed by atoms with E-state index in [0.29, 0.717) is 19.0 Å². The average Bonchev–Trinajstić information content (AvgIpc) is 2.24. The summed E-state index contributed by atoms with van der Waals surface area (Å²) in [6, 6.07) is 1.80. The number of ether oxygens (including phenoxy) is 1. The molecule has 6 heteroatoms. The van der Waals surface area contributed by atoms with E-state index in [1.54, 1.807) is 19.4 Å². The van der Waals surface area contributed by atoms with Crippen molar-refractivity contribution in [1.29, 1.82) is 0 Å².